The van der Waals surface area contributed by atoms with Crippen LogP contribution in [0.3, 0.4) is 0 Å². The van der Waals surface area contributed by atoms with Crippen LogP contribution in [0.4, 0.5) is 4.39 Å². The first-order valence-corrected chi connectivity index (χ1v) is 7.61. The van der Waals surface area contributed by atoms with Crippen molar-refractivity contribution in [3.8, 4) is 0 Å². The molecule has 0 heterocycles. The predicted molar refractivity (Wildman–Crippen MR) is 83.8 cm³/mol. The van der Waals surface area contributed by atoms with Crippen LogP contribution in [0.15, 0.2) is 29.8 Å². The summed E-state index contributed by atoms with van der Waals surface area (Å²) >= 11 is 5.97. The van der Waals surface area contributed by atoms with Gasteiger partial charge in [-0.1, -0.05) is 29.8 Å². The van der Waals surface area contributed by atoms with Crippen LogP contribution >= 0.6 is 11.6 Å². The number of nitrogens with one attached hydrogen (secondary N) is 1. The van der Waals surface area contributed by atoms with Crippen molar-refractivity contribution in [2.45, 2.75) is 37.7 Å². The summed E-state index contributed by atoms with van der Waals surface area (Å²) in [5, 5.41) is 33.1. The maximum Gasteiger partial charge on any atom is 0.113 e. The molecular formula is C16H21ClFNO3. The van der Waals surface area contributed by atoms with Gasteiger partial charge in [-0.2, -0.15) is 0 Å². The highest BCUT2D eigenvalue weighted by atomic mass is 35.5. The molecule has 0 aliphatic heterocycles. The summed E-state index contributed by atoms with van der Waals surface area (Å²) in [5.74, 6) is 0. The summed E-state index contributed by atoms with van der Waals surface area (Å²) in [5.41, 5.74) is 2.18. The van der Waals surface area contributed by atoms with Gasteiger partial charge in [0.25, 0.3) is 0 Å². The van der Waals surface area contributed by atoms with E-state index in [-0.39, 0.29) is 5.57 Å². The van der Waals surface area contributed by atoms with Crippen molar-refractivity contribution in [2.75, 3.05) is 13.2 Å². The van der Waals surface area contributed by atoms with Gasteiger partial charge in [-0.15, -0.1) is 0 Å². The van der Waals surface area contributed by atoms with E-state index < -0.39 is 31.0 Å². The normalized spacial score (nSPS) is 28.5. The third kappa shape index (κ3) is 3.86. The lowest BCUT2D eigenvalue weighted by molar-refractivity contribution is -0.0628. The van der Waals surface area contributed by atoms with Gasteiger partial charge in [-0.05, 0) is 42.7 Å². The maximum atomic E-state index is 12.8. The Morgan fingerprint density at radius 2 is 1.95 bits per heavy atom. The highest BCUT2D eigenvalue weighted by molar-refractivity contribution is 6.31. The number of halogens is 2. The predicted octanol–water partition coefficient (Wildman–Crippen LogP) is 1.14. The lowest BCUT2D eigenvalue weighted by atomic mass is 9.88. The zero-order valence-electron chi connectivity index (χ0n) is 12.3. The minimum Gasteiger partial charge on any atom is -0.388 e. The first-order chi connectivity index (χ1) is 10.4. The Hall–Kier alpha value is -0.980. The van der Waals surface area contributed by atoms with Crippen LogP contribution in [0.1, 0.15) is 11.1 Å². The van der Waals surface area contributed by atoms with Gasteiger partial charge >= 0.3 is 0 Å². The molecule has 0 aromatic heterocycles. The number of hydrogen-bond acceptors (Lipinski definition) is 4. The fourth-order valence-electron chi connectivity index (χ4n) is 2.60. The Bertz CT molecular complexity index is 552. The number of hydrogen-bond donors (Lipinski definition) is 4. The molecule has 122 valence electrons. The van der Waals surface area contributed by atoms with Crippen LogP contribution in [-0.2, 0) is 6.42 Å². The van der Waals surface area contributed by atoms with Gasteiger partial charge in [0.2, 0.25) is 0 Å². The second-order valence-electron chi connectivity index (χ2n) is 5.61. The standard InChI is InChI=1S/C16H21ClFNO3/c1-9-6-10(2-3-12(9)17)4-5-19-13-7-11(8-18)14(20)16(22)15(13)21/h2-3,6-7,13-16,19-22H,4-5,8H2,1H3/t13-,14+,15+,16+/m1/s1. The molecule has 1 aliphatic rings. The Morgan fingerprint density at radius 1 is 1.23 bits per heavy atom. The van der Waals surface area contributed by atoms with Gasteiger partial charge in [-0.25, -0.2) is 4.39 Å². The number of aliphatic hydroxyl groups excluding tert-OH is 3. The van der Waals surface area contributed by atoms with Crippen LogP contribution in [-0.4, -0.2) is 52.9 Å². The van der Waals surface area contributed by atoms with Gasteiger partial charge in [0.15, 0.2) is 0 Å². The molecule has 4 atom stereocenters. The summed E-state index contributed by atoms with van der Waals surface area (Å²) in [6, 6.07) is 5.17. The van der Waals surface area contributed by atoms with E-state index in [0.29, 0.717) is 18.0 Å². The summed E-state index contributed by atoms with van der Waals surface area (Å²) in [7, 11) is 0. The van der Waals surface area contributed by atoms with Crippen LogP contribution in [0.5, 0.6) is 0 Å². The summed E-state index contributed by atoms with van der Waals surface area (Å²) in [6.07, 6.45) is -1.74. The molecule has 0 spiro atoms. The van der Waals surface area contributed by atoms with E-state index in [1.807, 2.05) is 25.1 Å². The van der Waals surface area contributed by atoms with E-state index in [1.54, 1.807) is 0 Å². The van der Waals surface area contributed by atoms with E-state index >= 15 is 0 Å². The molecular weight excluding hydrogens is 309 g/mol. The summed E-state index contributed by atoms with van der Waals surface area (Å²) in [4.78, 5) is 0. The first-order valence-electron chi connectivity index (χ1n) is 7.23. The van der Waals surface area contributed by atoms with E-state index in [1.165, 1.54) is 6.08 Å². The lowest BCUT2D eigenvalue weighted by Crippen LogP contribution is -2.54. The molecule has 0 radical (unpaired) electrons. The molecule has 4 nitrogen and oxygen atoms in total. The number of aryl methyl sites for hydroxylation is 1. The van der Waals surface area contributed by atoms with Crippen molar-refractivity contribution in [1.82, 2.24) is 5.32 Å². The van der Waals surface area contributed by atoms with E-state index in [4.69, 9.17) is 11.6 Å². The monoisotopic (exact) mass is 329 g/mol. The highest BCUT2D eigenvalue weighted by Gasteiger charge is 2.36. The third-order valence-electron chi connectivity index (χ3n) is 3.99. The van der Waals surface area contributed by atoms with Crippen molar-refractivity contribution in [3.63, 3.8) is 0 Å². The van der Waals surface area contributed by atoms with Gasteiger partial charge in [0.1, 0.15) is 25.0 Å². The maximum absolute atomic E-state index is 12.8. The van der Waals surface area contributed by atoms with Crippen molar-refractivity contribution in [1.29, 1.82) is 0 Å². The Morgan fingerprint density at radius 3 is 2.59 bits per heavy atom. The fourth-order valence-corrected chi connectivity index (χ4v) is 2.71. The number of rotatable bonds is 5. The van der Waals surface area contributed by atoms with Crippen molar-refractivity contribution < 1.29 is 19.7 Å². The van der Waals surface area contributed by atoms with Crippen LogP contribution in [0.2, 0.25) is 5.02 Å². The highest BCUT2D eigenvalue weighted by Crippen LogP contribution is 2.21. The molecule has 0 saturated heterocycles. The van der Waals surface area contributed by atoms with E-state index in [2.05, 4.69) is 5.32 Å². The fraction of sp³-hybridized carbons (Fsp3) is 0.500. The van der Waals surface area contributed by atoms with Gasteiger partial charge in [0.05, 0.1) is 6.04 Å². The topological polar surface area (TPSA) is 72.7 Å². The molecule has 0 bridgehead atoms. The van der Waals surface area contributed by atoms with Crippen molar-refractivity contribution >= 4 is 11.6 Å². The first kappa shape index (κ1) is 17.4. The second-order valence-corrected chi connectivity index (χ2v) is 6.02. The van der Waals surface area contributed by atoms with E-state index in [9.17, 15) is 19.7 Å². The quantitative estimate of drug-likeness (QED) is 0.611. The smallest absolute Gasteiger partial charge is 0.113 e. The summed E-state index contributed by atoms with van der Waals surface area (Å²) in [6.45, 7) is 1.62. The lowest BCUT2D eigenvalue weighted by Gasteiger charge is -2.34. The zero-order valence-corrected chi connectivity index (χ0v) is 13.1. The Balaban J connectivity index is 1.95. The third-order valence-corrected chi connectivity index (χ3v) is 4.41. The average Bonchev–Trinajstić information content (AvgIpc) is 2.51. The van der Waals surface area contributed by atoms with Crippen LogP contribution in [0, 0.1) is 6.92 Å². The molecule has 0 fully saturated rings. The van der Waals surface area contributed by atoms with Gasteiger partial charge in [-0.3, -0.25) is 0 Å². The molecule has 4 N–H and O–H groups in total. The van der Waals surface area contributed by atoms with Gasteiger partial charge < -0.3 is 20.6 Å². The van der Waals surface area contributed by atoms with Crippen LogP contribution < -0.4 is 5.32 Å². The van der Waals surface area contributed by atoms with Crippen molar-refractivity contribution in [2.24, 2.45) is 0 Å². The Kier molecular flexibility index (Phi) is 5.94. The van der Waals surface area contributed by atoms with Gasteiger partial charge in [0, 0.05) is 5.02 Å². The Labute approximate surface area is 134 Å². The number of alkyl halides is 1. The van der Waals surface area contributed by atoms with Crippen LogP contribution in [0.25, 0.3) is 0 Å². The molecule has 1 aliphatic carbocycles. The zero-order chi connectivity index (χ0) is 16.3. The molecule has 0 saturated carbocycles. The molecule has 0 amide bonds. The molecule has 22 heavy (non-hydrogen) atoms. The largest absolute Gasteiger partial charge is 0.388 e. The summed E-state index contributed by atoms with van der Waals surface area (Å²) < 4.78 is 12.8. The minimum absolute atomic E-state index is 0.0950. The molecule has 1 aromatic carbocycles. The van der Waals surface area contributed by atoms with Crippen molar-refractivity contribution in [3.05, 3.63) is 46.0 Å². The molecule has 6 heteroatoms. The van der Waals surface area contributed by atoms with E-state index in [0.717, 1.165) is 11.1 Å². The average molecular weight is 330 g/mol. The molecule has 1 aromatic rings. The SMILES string of the molecule is Cc1cc(CCN[C@@H]2C=C(CF)[C@H](O)[C@H](O)[C@H]2O)ccc1Cl. The molecule has 2 rings (SSSR count). The number of benzene rings is 1. The molecule has 0 unspecified atom stereocenters. The minimum atomic E-state index is -1.38. The second kappa shape index (κ2) is 7.53. The number of aliphatic hydroxyl groups is 3.